The third kappa shape index (κ3) is 4.53. The average molecular weight is 408 g/mol. The standard InChI is InChI=1S/C16H13ClF3NO4S/c1-9(2)26(24)15-8-11(4-5-13(15)21(22)23)25-14-6-3-10(7-12(14)17)16(18,19)20/h3-9H,1-2H3. The molecule has 0 heterocycles. The SMILES string of the molecule is CC(C)S(=O)c1cc(Oc2ccc(C(F)(F)F)cc2Cl)ccc1[N+](=O)[O-]. The van der Waals surface area contributed by atoms with Crippen molar-refractivity contribution in [2.75, 3.05) is 0 Å². The summed E-state index contributed by atoms with van der Waals surface area (Å²) in [6.45, 7) is 3.28. The number of nitro groups is 1. The molecular weight excluding hydrogens is 395 g/mol. The molecular formula is C16H13ClF3NO4S. The Morgan fingerprint density at radius 1 is 1.19 bits per heavy atom. The van der Waals surface area contributed by atoms with Gasteiger partial charge in [-0.1, -0.05) is 25.4 Å². The lowest BCUT2D eigenvalue weighted by Gasteiger charge is -2.12. The molecule has 0 aliphatic rings. The summed E-state index contributed by atoms with van der Waals surface area (Å²) in [6.07, 6.45) is -4.54. The van der Waals surface area contributed by atoms with Crippen LogP contribution in [0.3, 0.4) is 0 Å². The van der Waals surface area contributed by atoms with Gasteiger partial charge in [0.2, 0.25) is 0 Å². The largest absolute Gasteiger partial charge is 0.456 e. The molecule has 0 aromatic heterocycles. The number of nitrogens with zero attached hydrogens (tertiary/aromatic N) is 1. The summed E-state index contributed by atoms with van der Waals surface area (Å²) in [5.74, 6) is 0.0102. The number of rotatable bonds is 5. The molecule has 2 rings (SSSR count). The lowest BCUT2D eigenvalue weighted by molar-refractivity contribution is -0.387. The monoisotopic (exact) mass is 407 g/mol. The van der Waals surface area contributed by atoms with Crippen LogP contribution in [-0.2, 0) is 17.0 Å². The van der Waals surface area contributed by atoms with E-state index in [4.69, 9.17) is 16.3 Å². The van der Waals surface area contributed by atoms with Gasteiger partial charge < -0.3 is 4.74 Å². The van der Waals surface area contributed by atoms with Gasteiger partial charge in [-0.3, -0.25) is 14.3 Å². The Kier molecular flexibility index (Phi) is 5.92. The van der Waals surface area contributed by atoms with Crippen LogP contribution in [0.1, 0.15) is 19.4 Å². The molecule has 0 radical (unpaired) electrons. The normalized spacial score (nSPS) is 12.9. The molecule has 0 amide bonds. The quantitative estimate of drug-likeness (QED) is 0.479. The Balaban J connectivity index is 2.40. The van der Waals surface area contributed by atoms with Crippen LogP contribution in [0.5, 0.6) is 11.5 Å². The van der Waals surface area contributed by atoms with Gasteiger partial charge >= 0.3 is 6.18 Å². The number of ether oxygens (including phenoxy) is 1. The van der Waals surface area contributed by atoms with E-state index in [2.05, 4.69) is 0 Å². The third-order valence-corrected chi connectivity index (χ3v) is 5.17. The predicted octanol–water partition coefficient (Wildman–Crippen LogP) is 5.58. The lowest BCUT2D eigenvalue weighted by Crippen LogP contribution is -2.08. The van der Waals surface area contributed by atoms with E-state index in [-0.39, 0.29) is 32.4 Å². The molecule has 1 unspecified atom stereocenters. The fourth-order valence-corrected chi connectivity index (χ4v) is 3.32. The number of hydrogen-bond acceptors (Lipinski definition) is 4. The van der Waals surface area contributed by atoms with Crippen molar-refractivity contribution in [1.29, 1.82) is 0 Å². The van der Waals surface area contributed by atoms with E-state index in [0.29, 0.717) is 0 Å². The molecule has 10 heteroatoms. The van der Waals surface area contributed by atoms with E-state index in [1.807, 2.05) is 0 Å². The Morgan fingerprint density at radius 2 is 1.85 bits per heavy atom. The average Bonchev–Trinajstić information content (AvgIpc) is 2.54. The van der Waals surface area contributed by atoms with Crippen LogP contribution in [0.2, 0.25) is 5.02 Å². The van der Waals surface area contributed by atoms with E-state index in [9.17, 15) is 27.5 Å². The van der Waals surface area contributed by atoms with Crippen molar-refractivity contribution in [2.45, 2.75) is 30.2 Å². The molecule has 0 saturated heterocycles. The molecule has 2 aromatic carbocycles. The molecule has 0 aliphatic carbocycles. The van der Waals surface area contributed by atoms with Crippen LogP contribution in [0.4, 0.5) is 18.9 Å². The molecule has 0 saturated carbocycles. The van der Waals surface area contributed by atoms with Gasteiger partial charge in [0.05, 0.1) is 26.3 Å². The van der Waals surface area contributed by atoms with Crippen molar-refractivity contribution < 1.29 is 27.0 Å². The minimum Gasteiger partial charge on any atom is -0.456 e. The topological polar surface area (TPSA) is 69.4 Å². The Hall–Kier alpha value is -2.13. The first kappa shape index (κ1) is 20.2. The zero-order valence-corrected chi connectivity index (χ0v) is 15.1. The van der Waals surface area contributed by atoms with Gasteiger partial charge in [0.25, 0.3) is 5.69 Å². The van der Waals surface area contributed by atoms with Crippen molar-refractivity contribution >= 4 is 28.1 Å². The molecule has 1 atom stereocenters. The van der Waals surface area contributed by atoms with Crippen molar-refractivity contribution in [1.82, 2.24) is 0 Å². The van der Waals surface area contributed by atoms with Crippen LogP contribution in [0.25, 0.3) is 0 Å². The smallest absolute Gasteiger partial charge is 0.416 e. The van der Waals surface area contributed by atoms with E-state index < -0.39 is 27.5 Å². The molecule has 0 aliphatic heterocycles. The van der Waals surface area contributed by atoms with Gasteiger partial charge in [-0.2, -0.15) is 13.2 Å². The van der Waals surface area contributed by atoms with E-state index in [1.54, 1.807) is 13.8 Å². The highest BCUT2D eigenvalue weighted by Crippen LogP contribution is 2.37. The van der Waals surface area contributed by atoms with E-state index >= 15 is 0 Å². The Labute approximate surface area is 154 Å². The van der Waals surface area contributed by atoms with E-state index in [1.165, 1.54) is 12.1 Å². The van der Waals surface area contributed by atoms with Crippen molar-refractivity contribution in [2.24, 2.45) is 0 Å². The fourth-order valence-electron chi connectivity index (χ4n) is 2.01. The second-order valence-corrected chi connectivity index (χ2v) is 7.86. The summed E-state index contributed by atoms with van der Waals surface area (Å²) < 4.78 is 55.7. The highest BCUT2D eigenvalue weighted by molar-refractivity contribution is 7.85. The van der Waals surface area contributed by atoms with Gasteiger partial charge in [-0.15, -0.1) is 0 Å². The predicted molar refractivity (Wildman–Crippen MR) is 91.2 cm³/mol. The van der Waals surface area contributed by atoms with Crippen LogP contribution < -0.4 is 4.74 Å². The number of alkyl halides is 3. The van der Waals surface area contributed by atoms with Gasteiger partial charge in [0.1, 0.15) is 16.4 Å². The Morgan fingerprint density at radius 3 is 2.35 bits per heavy atom. The highest BCUT2D eigenvalue weighted by atomic mass is 35.5. The van der Waals surface area contributed by atoms with Crippen LogP contribution >= 0.6 is 11.6 Å². The molecule has 0 spiro atoms. The highest BCUT2D eigenvalue weighted by Gasteiger charge is 2.31. The summed E-state index contributed by atoms with van der Waals surface area (Å²) in [4.78, 5) is 10.4. The number of nitro benzene ring substituents is 1. The molecule has 0 N–H and O–H groups in total. The maximum Gasteiger partial charge on any atom is 0.416 e. The third-order valence-electron chi connectivity index (χ3n) is 3.26. The first-order valence-electron chi connectivity index (χ1n) is 7.24. The molecule has 140 valence electrons. The minimum absolute atomic E-state index is 0.0365. The van der Waals surface area contributed by atoms with Crippen molar-refractivity contribution in [3.05, 3.63) is 57.1 Å². The second-order valence-electron chi connectivity index (χ2n) is 5.48. The van der Waals surface area contributed by atoms with Gasteiger partial charge in [-0.25, -0.2) is 0 Å². The zero-order valence-electron chi connectivity index (χ0n) is 13.5. The first-order chi connectivity index (χ1) is 12.0. The Bertz CT molecular complexity index is 871. The molecule has 26 heavy (non-hydrogen) atoms. The molecule has 5 nitrogen and oxygen atoms in total. The summed E-state index contributed by atoms with van der Waals surface area (Å²) in [5.41, 5.74) is -1.26. The molecule has 0 bridgehead atoms. The number of halogens is 4. The maximum absolute atomic E-state index is 12.7. The minimum atomic E-state index is -4.54. The number of benzene rings is 2. The lowest BCUT2D eigenvalue weighted by atomic mass is 10.2. The fraction of sp³-hybridized carbons (Fsp3) is 0.250. The summed E-state index contributed by atoms with van der Waals surface area (Å²) >= 11 is 5.83. The second kappa shape index (κ2) is 7.63. The van der Waals surface area contributed by atoms with Crippen LogP contribution in [0, 0.1) is 10.1 Å². The van der Waals surface area contributed by atoms with Gasteiger partial charge in [-0.05, 0) is 24.3 Å². The maximum atomic E-state index is 12.7. The van der Waals surface area contributed by atoms with Gasteiger partial charge in [0, 0.05) is 17.4 Å². The van der Waals surface area contributed by atoms with Crippen molar-refractivity contribution in [3.8, 4) is 11.5 Å². The van der Waals surface area contributed by atoms with Gasteiger partial charge in [0.15, 0.2) is 0 Å². The van der Waals surface area contributed by atoms with E-state index in [0.717, 1.165) is 24.3 Å². The summed E-state index contributed by atoms with van der Waals surface area (Å²) in [6, 6.07) is 6.18. The summed E-state index contributed by atoms with van der Waals surface area (Å²) in [7, 11) is -1.66. The summed E-state index contributed by atoms with van der Waals surface area (Å²) in [5, 5.41) is 10.5. The van der Waals surface area contributed by atoms with Crippen molar-refractivity contribution in [3.63, 3.8) is 0 Å². The van der Waals surface area contributed by atoms with Crippen LogP contribution in [-0.4, -0.2) is 14.4 Å². The molecule has 0 fully saturated rings. The zero-order chi connectivity index (χ0) is 19.6. The first-order valence-corrected chi connectivity index (χ1v) is 8.83. The molecule has 2 aromatic rings. The number of hydrogen-bond donors (Lipinski definition) is 0. The van der Waals surface area contributed by atoms with Crippen LogP contribution in [0.15, 0.2) is 41.3 Å².